The molecule has 1 unspecified atom stereocenters. The van der Waals surface area contributed by atoms with E-state index in [1.165, 1.54) is 10.4 Å². The number of nitrogens with zero attached hydrogens (tertiary/aromatic N) is 1. The molecule has 1 atom stereocenters. The number of rotatable bonds is 10. The van der Waals surface area contributed by atoms with E-state index in [0.29, 0.717) is 23.8 Å². The van der Waals surface area contributed by atoms with Crippen molar-refractivity contribution in [2.24, 2.45) is 0 Å². The molecule has 0 saturated carbocycles. The lowest BCUT2D eigenvalue weighted by atomic mass is 10.1. The first kappa shape index (κ1) is 24.6. The number of methoxy groups -OCH3 is 3. The molecule has 0 bridgehead atoms. The Bertz CT molecular complexity index is 917. The molecule has 172 valence electrons. The fourth-order valence-corrected chi connectivity index (χ4v) is 7.84. The second-order valence-electron chi connectivity index (χ2n) is 6.93. The Hall–Kier alpha value is -1.09. The molecule has 10 heteroatoms. The van der Waals surface area contributed by atoms with Crippen LogP contribution >= 0.6 is 34.9 Å². The molecule has 1 aromatic carbocycles. The lowest BCUT2D eigenvalue weighted by Gasteiger charge is -2.38. The summed E-state index contributed by atoms with van der Waals surface area (Å²) in [5.74, 6) is 0.862. The van der Waals surface area contributed by atoms with Crippen molar-refractivity contribution in [2.75, 3.05) is 41.1 Å². The van der Waals surface area contributed by atoms with Crippen LogP contribution in [0.4, 0.5) is 0 Å². The molecule has 0 spiro atoms. The predicted octanol–water partition coefficient (Wildman–Crippen LogP) is 5.86. The highest BCUT2D eigenvalue weighted by Crippen LogP contribution is 2.64. The molecule has 1 aliphatic rings. The fraction of sp³-hybridized carbons (Fsp3) is 0.524. The summed E-state index contributed by atoms with van der Waals surface area (Å²) in [5.41, 5.74) is 1.96. The maximum Gasteiger partial charge on any atom is 0.352 e. The highest BCUT2D eigenvalue weighted by molar-refractivity contribution is 9.11. The Morgan fingerprint density at radius 1 is 1.06 bits per heavy atom. The Morgan fingerprint density at radius 3 is 2.19 bits per heavy atom. The molecule has 2 aromatic rings. The average Bonchev–Trinajstić information content (AvgIpc) is 3.12. The van der Waals surface area contributed by atoms with Crippen LogP contribution in [0.5, 0.6) is 17.2 Å². The minimum absolute atomic E-state index is 0.279. The van der Waals surface area contributed by atoms with Crippen LogP contribution in [0.3, 0.4) is 0 Å². The van der Waals surface area contributed by atoms with E-state index in [9.17, 15) is 4.57 Å². The first-order valence-electron chi connectivity index (χ1n) is 10.1. The van der Waals surface area contributed by atoms with Gasteiger partial charge in [-0.05, 0) is 65.5 Å². The average molecular weight is 534 g/mol. The van der Waals surface area contributed by atoms with Gasteiger partial charge in [-0.1, -0.05) is 0 Å². The zero-order valence-electron chi connectivity index (χ0n) is 18.5. The van der Waals surface area contributed by atoms with Crippen molar-refractivity contribution in [3.63, 3.8) is 0 Å². The largest absolute Gasteiger partial charge is 0.493 e. The van der Waals surface area contributed by atoms with Crippen LogP contribution in [0.1, 0.15) is 35.6 Å². The summed E-state index contributed by atoms with van der Waals surface area (Å²) in [4.78, 5) is 3.50. The van der Waals surface area contributed by atoms with Crippen LogP contribution in [0, 0.1) is 0 Å². The lowest BCUT2D eigenvalue weighted by Crippen LogP contribution is -2.34. The molecule has 0 amide bonds. The van der Waals surface area contributed by atoms with Gasteiger partial charge in [0.15, 0.2) is 11.5 Å². The summed E-state index contributed by atoms with van der Waals surface area (Å²) in [7, 11) is 1.15. The molecule has 0 saturated heterocycles. The molecular weight excluding hydrogens is 505 g/mol. The van der Waals surface area contributed by atoms with Crippen molar-refractivity contribution in [1.29, 1.82) is 0 Å². The second kappa shape index (κ2) is 10.7. The number of ether oxygens (including phenoxy) is 3. The van der Waals surface area contributed by atoms with E-state index in [-0.39, 0.29) is 13.2 Å². The molecule has 0 radical (unpaired) electrons. The van der Waals surface area contributed by atoms with Crippen LogP contribution in [0.2, 0.25) is 0 Å². The monoisotopic (exact) mass is 533 g/mol. The van der Waals surface area contributed by atoms with Crippen molar-refractivity contribution in [2.45, 2.75) is 32.6 Å². The fourth-order valence-electron chi connectivity index (χ4n) is 3.91. The van der Waals surface area contributed by atoms with Gasteiger partial charge in [-0.25, -0.2) is 0 Å². The summed E-state index contributed by atoms with van der Waals surface area (Å²) in [6.45, 7) is 5.57. The van der Waals surface area contributed by atoms with E-state index >= 15 is 0 Å². The third-order valence-corrected chi connectivity index (χ3v) is 9.31. The topological polar surface area (TPSA) is 66.5 Å². The third kappa shape index (κ3) is 5.13. The maximum atomic E-state index is 14.1. The summed E-state index contributed by atoms with van der Waals surface area (Å²) in [5, 5.41) is 0. The van der Waals surface area contributed by atoms with Crippen LogP contribution < -0.4 is 14.2 Å². The molecule has 1 aliphatic heterocycles. The van der Waals surface area contributed by atoms with E-state index in [0.717, 1.165) is 22.3 Å². The number of hydrogen-bond acceptors (Lipinski definition) is 8. The summed E-state index contributed by atoms with van der Waals surface area (Å²) in [6.07, 6.45) is 0.866. The van der Waals surface area contributed by atoms with E-state index in [2.05, 4.69) is 26.9 Å². The second-order valence-corrected chi connectivity index (χ2v) is 11.5. The van der Waals surface area contributed by atoms with Gasteiger partial charge < -0.3 is 23.3 Å². The number of halogens is 1. The minimum atomic E-state index is -3.54. The van der Waals surface area contributed by atoms with Crippen molar-refractivity contribution in [1.82, 2.24) is 4.90 Å². The summed E-state index contributed by atoms with van der Waals surface area (Å²) in [6, 6.07) is 5.79. The molecule has 0 N–H and O–H groups in total. The predicted molar refractivity (Wildman–Crippen MR) is 126 cm³/mol. The summed E-state index contributed by atoms with van der Waals surface area (Å²) >= 11 is 5.33. The van der Waals surface area contributed by atoms with Gasteiger partial charge in [-0.2, -0.15) is 0 Å². The number of thiophene rings is 1. The first-order chi connectivity index (χ1) is 14.9. The van der Waals surface area contributed by atoms with E-state index < -0.39 is 13.4 Å². The first-order valence-corrected chi connectivity index (χ1v) is 13.3. The quantitative estimate of drug-likeness (QED) is 0.354. The van der Waals surface area contributed by atoms with Crippen LogP contribution in [-0.4, -0.2) is 46.0 Å². The minimum Gasteiger partial charge on any atom is -0.493 e. The van der Waals surface area contributed by atoms with Crippen LogP contribution in [0.15, 0.2) is 22.0 Å². The van der Waals surface area contributed by atoms with Crippen LogP contribution in [0.25, 0.3) is 0 Å². The number of benzene rings is 1. The van der Waals surface area contributed by atoms with Gasteiger partial charge in [0.1, 0.15) is 5.78 Å². The summed E-state index contributed by atoms with van der Waals surface area (Å²) < 4.78 is 43.4. The molecule has 1 aromatic heterocycles. The SMILES string of the molecule is CCOP(=O)(OCC)C(c1cc(OC)c(OC)c(OC)c1)N1CCc2sc(Br)cc2C1. The zero-order valence-corrected chi connectivity index (χ0v) is 21.8. The van der Waals surface area contributed by atoms with E-state index in [4.69, 9.17) is 23.3 Å². The van der Waals surface area contributed by atoms with Crippen molar-refractivity contribution < 1.29 is 27.8 Å². The maximum absolute atomic E-state index is 14.1. The van der Waals surface area contributed by atoms with Crippen LogP contribution in [-0.2, 0) is 26.6 Å². The Kier molecular flexibility index (Phi) is 8.46. The Labute approximate surface area is 196 Å². The normalized spacial score (nSPS) is 15.4. The van der Waals surface area contributed by atoms with Gasteiger partial charge in [0.2, 0.25) is 5.75 Å². The lowest BCUT2D eigenvalue weighted by molar-refractivity contribution is 0.154. The van der Waals surface area contributed by atoms with Gasteiger partial charge in [0.05, 0.1) is 38.3 Å². The van der Waals surface area contributed by atoms with Crippen molar-refractivity contribution in [3.05, 3.63) is 38.0 Å². The Balaban J connectivity index is 2.14. The van der Waals surface area contributed by atoms with Gasteiger partial charge in [0, 0.05) is 18.0 Å². The molecule has 7 nitrogen and oxygen atoms in total. The van der Waals surface area contributed by atoms with Crippen molar-refractivity contribution in [3.8, 4) is 17.2 Å². The molecule has 2 heterocycles. The zero-order chi connectivity index (χ0) is 22.6. The van der Waals surface area contributed by atoms with E-state index in [1.807, 2.05) is 26.0 Å². The van der Waals surface area contributed by atoms with Gasteiger partial charge in [-0.15, -0.1) is 11.3 Å². The van der Waals surface area contributed by atoms with Gasteiger partial charge in [0.25, 0.3) is 0 Å². The standard InChI is InChI=1S/C21H29BrNO6PS/c1-6-28-30(24,29-7-2)21(23-9-8-18-15(13-23)12-19(22)31-18)14-10-16(25-3)20(27-5)17(11-14)26-4/h10-12,21H,6-9,13H2,1-5H3. The van der Waals surface area contributed by atoms with Gasteiger partial charge >= 0.3 is 7.60 Å². The Morgan fingerprint density at radius 2 is 1.68 bits per heavy atom. The number of fused-ring (bicyclic) bond motifs is 1. The smallest absolute Gasteiger partial charge is 0.352 e. The highest BCUT2D eigenvalue weighted by atomic mass is 79.9. The number of hydrogen-bond donors (Lipinski definition) is 0. The highest BCUT2D eigenvalue weighted by Gasteiger charge is 2.43. The van der Waals surface area contributed by atoms with E-state index in [1.54, 1.807) is 32.7 Å². The molecule has 3 rings (SSSR count). The molecule has 0 aliphatic carbocycles. The van der Waals surface area contributed by atoms with Gasteiger partial charge in [-0.3, -0.25) is 9.46 Å². The molecule has 0 fully saturated rings. The van der Waals surface area contributed by atoms with Crippen molar-refractivity contribution >= 4 is 34.9 Å². The molecule has 31 heavy (non-hydrogen) atoms. The molecular formula is C21H29BrNO6PS. The third-order valence-electron chi connectivity index (χ3n) is 5.11.